The van der Waals surface area contributed by atoms with E-state index in [0.717, 1.165) is 30.7 Å². The molecule has 1 atom stereocenters. The van der Waals surface area contributed by atoms with Crippen LogP contribution in [-0.2, 0) is 0 Å². The summed E-state index contributed by atoms with van der Waals surface area (Å²) in [6.45, 7) is 9.15. The molecule has 0 N–H and O–H groups in total. The van der Waals surface area contributed by atoms with Crippen molar-refractivity contribution in [2.75, 3.05) is 29.4 Å². The molecule has 0 bridgehead atoms. The molecule has 0 amide bonds. The summed E-state index contributed by atoms with van der Waals surface area (Å²) >= 11 is 1.81. The van der Waals surface area contributed by atoms with Crippen molar-refractivity contribution in [2.45, 2.75) is 31.0 Å². The van der Waals surface area contributed by atoms with E-state index < -0.39 is 0 Å². The van der Waals surface area contributed by atoms with Crippen molar-refractivity contribution in [3.8, 4) is 0 Å². The van der Waals surface area contributed by atoms with E-state index in [-0.39, 0.29) is 11.0 Å². The normalized spacial score (nSPS) is 16.0. The Bertz CT molecular complexity index is 1100. The average Bonchev–Trinajstić information content (AvgIpc) is 3.10. The minimum atomic E-state index is -0.297. The van der Waals surface area contributed by atoms with Crippen molar-refractivity contribution in [1.29, 1.82) is 0 Å². The first-order valence-electron chi connectivity index (χ1n) is 10.2. The van der Waals surface area contributed by atoms with Gasteiger partial charge < -0.3 is 14.2 Å². The Labute approximate surface area is 175 Å². The molecule has 0 saturated carbocycles. The van der Waals surface area contributed by atoms with Gasteiger partial charge in [-0.3, -0.25) is 0 Å². The monoisotopic (exact) mass is 406 g/mol. The van der Waals surface area contributed by atoms with E-state index in [0.29, 0.717) is 11.1 Å². The molecule has 0 saturated heterocycles. The smallest absolute Gasteiger partial charge is 0.343 e. The van der Waals surface area contributed by atoms with Crippen LogP contribution in [0.25, 0.3) is 17.0 Å². The van der Waals surface area contributed by atoms with Crippen LogP contribution in [0, 0.1) is 0 Å². The Morgan fingerprint density at radius 2 is 1.90 bits per heavy atom. The van der Waals surface area contributed by atoms with Crippen LogP contribution in [0.5, 0.6) is 0 Å². The largest absolute Gasteiger partial charge is 0.422 e. The van der Waals surface area contributed by atoms with E-state index in [1.54, 1.807) is 0 Å². The van der Waals surface area contributed by atoms with Crippen LogP contribution >= 0.6 is 11.8 Å². The fraction of sp³-hybridized carbons (Fsp3) is 0.292. The van der Waals surface area contributed by atoms with Crippen molar-refractivity contribution in [1.82, 2.24) is 0 Å². The molecule has 0 radical (unpaired) electrons. The second kappa shape index (κ2) is 8.37. The van der Waals surface area contributed by atoms with Gasteiger partial charge in [0.2, 0.25) is 0 Å². The third-order valence-corrected chi connectivity index (χ3v) is 6.64. The molecular formula is C24H26N2O2S. The number of hydrogen-bond acceptors (Lipinski definition) is 5. The Balaban J connectivity index is 1.62. The Hall–Kier alpha value is -2.66. The van der Waals surface area contributed by atoms with Gasteiger partial charge in [0.15, 0.2) is 0 Å². The number of benzene rings is 2. The highest BCUT2D eigenvalue weighted by molar-refractivity contribution is 8.00. The summed E-state index contributed by atoms with van der Waals surface area (Å²) in [5.41, 5.74) is 3.25. The maximum Gasteiger partial charge on any atom is 0.343 e. The predicted octanol–water partition coefficient (Wildman–Crippen LogP) is 5.61. The lowest BCUT2D eigenvalue weighted by Gasteiger charge is -2.22. The molecule has 3 aromatic rings. The van der Waals surface area contributed by atoms with Crippen LogP contribution in [-0.4, -0.2) is 25.0 Å². The molecule has 1 aliphatic rings. The molecule has 0 spiro atoms. The first-order chi connectivity index (χ1) is 14.1. The highest BCUT2D eigenvalue weighted by atomic mass is 32.2. The minimum Gasteiger partial charge on any atom is -0.422 e. The molecule has 29 heavy (non-hydrogen) atoms. The number of fused-ring (bicyclic) bond motifs is 2. The van der Waals surface area contributed by atoms with Gasteiger partial charge in [-0.15, -0.1) is 0 Å². The summed E-state index contributed by atoms with van der Waals surface area (Å²) in [4.78, 5) is 18.4. The Morgan fingerprint density at radius 3 is 2.66 bits per heavy atom. The van der Waals surface area contributed by atoms with E-state index in [9.17, 15) is 4.79 Å². The summed E-state index contributed by atoms with van der Waals surface area (Å²) in [5.74, 6) is 0. The molecule has 1 aromatic heterocycles. The van der Waals surface area contributed by atoms with Crippen molar-refractivity contribution >= 4 is 40.2 Å². The third kappa shape index (κ3) is 3.79. The van der Waals surface area contributed by atoms with Gasteiger partial charge in [-0.2, -0.15) is 0 Å². The lowest BCUT2D eigenvalue weighted by molar-refractivity contribution is 0.559. The highest BCUT2D eigenvalue weighted by Gasteiger charge is 2.26. The number of nitrogens with zero attached hydrogens (tertiary/aromatic N) is 2. The Kier molecular flexibility index (Phi) is 5.67. The van der Waals surface area contributed by atoms with Gasteiger partial charge in [-0.05, 0) is 57.2 Å². The zero-order chi connectivity index (χ0) is 20.4. The topological polar surface area (TPSA) is 36.7 Å². The van der Waals surface area contributed by atoms with E-state index >= 15 is 0 Å². The minimum absolute atomic E-state index is 0.178. The van der Waals surface area contributed by atoms with Crippen LogP contribution in [0.2, 0.25) is 0 Å². The van der Waals surface area contributed by atoms with Gasteiger partial charge in [0, 0.05) is 41.7 Å². The molecule has 150 valence electrons. The standard InChI is InChI=1S/C24H26N2O2S/c1-4-25(5-2)19-13-11-17-15-18(24(27)28-21(17)16-19)12-14-23-26(6-3)20-9-7-8-10-22(20)29-23/h7-16,23H,4-6H2,1-3H3/b14-12+. The molecular weight excluding hydrogens is 380 g/mol. The maximum atomic E-state index is 12.6. The SMILES string of the molecule is CCN(CC)c1ccc2cc(/C=C/C3Sc4ccccc4N3CC)c(=O)oc2c1. The number of hydrogen-bond donors (Lipinski definition) is 0. The van der Waals surface area contributed by atoms with Crippen LogP contribution in [0.4, 0.5) is 11.4 Å². The summed E-state index contributed by atoms with van der Waals surface area (Å²) < 4.78 is 5.65. The number of rotatable bonds is 6. The van der Waals surface area contributed by atoms with Gasteiger partial charge in [-0.1, -0.05) is 30.0 Å². The molecule has 0 fully saturated rings. The lowest BCUT2D eigenvalue weighted by Crippen LogP contribution is -2.27. The quantitative estimate of drug-likeness (QED) is 0.497. The molecule has 0 aliphatic carbocycles. The second-order valence-corrected chi connectivity index (χ2v) is 8.16. The summed E-state index contributed by atoms with van der Waals surface area (Å²) in [6.07, 6.45) is 3.99. The van der Waals surface area contributed by atoms with Crippen LogP contribution in [0.3, 0.4) is 0 Å². The van der Waals surface area contributed by atoms with E-state index in [1.807, 2.05) is 36.0 Å². The van der Waals surface area contributed by atoms with Crippen molar-refractivity contribution in [3.63, 3.8) is 0 Å². The molecule has 1 unspecified atom stereocenters. The van der Waals surface area contributed by atoms with E-state index in [2.05, 4.69) is 67.0 Å². The number of thioether (sulfide) groups is 1. The number of anilines is 2. The summed E-state index contributed by atoms with van der Waals surface area (Å²) in [6, 6.07) is 16.4. The molecule has 2 aromatic carbocycles. The molecule has 5 heteroatoms. The van der Waals surface area contributed by atoms with Crippen molar-refractivity contribution in [3.05, 3.63) is 70.6 Å². The van der Waals surface area contributed by atoms with Gasteiger partial charge in [0.1, 0.15) is 5.58 Å². The van der Waals surface area contributed by atoms with Gasteiger partial charge in [0.05, 0.1) is 16.6 Å². The second-order valence-electron chi connectivity index (χ2n) is 7.00. The summed E-state index contributed by atoms with van der Waals surface area (Å²) in [7, 11) is 0. The lowest BCUT2D eigenvalue weighted by atomic mass is 10.1. The first-order valence-corrected chi connectivity index (χ1v) is 11.1. The highest BCUT2D eigenvalue weighted by Crippen LogP contribution is 2.43. The zero-order valence-electron chi connectivity index (χ0n) is 17.1. The predicted molar refractivity (Wildman–Crippen MR) is 124 cm³/mol. The Morgan fingerprint density at radius 1 is 1.10 bits per heavy atom. The fourth-order valence-electron chi connectivity index (χ4n) is 3.82. The van der Waals surface area contributed by atoms with Crippen molar-refractivity contribution < 1.29 is 4.42 Å². The molecule has 4 rings (SSSR count). The molecule has 2 heterocycles. The number of likely N-dealkylation sites (N-methyl/N-ethyl adjacent to an activating group) is 1. The zero-order valence-corrected chi connectivity index (χ0v) is 17.9. The first kappa shape index (κ1) is 19.6. The number of para-hydroxylation sites is 1. The maximum absolute atomic E-state index is 12.6. The van der Waals surface area contributed by atoms with Crippen molar-refractivity contribution in [2.24, 2.45) is 0 Å². The third-order valence-electron chi connectivity index (χ3n) is 5.39. The summed E-state index contributed by atoms with van der Waals surface area (Å²) in [5, 5.41) is 1.12. The van der Waals surface area contributed by atoms with Crippen LogP contribution in [0.15, 0.2) is 68.7 Å². The van der Waals surface area contributed by atoms with E-state index in [1.165, 1.54) is 10.6 Å². The van der Waals surface area contributed by atoms with Gasteiger partial charge in [-0.25, -0.2) is 4.79 Å². The molecule has 1 aliphatic heterocycles. The average molecular weight is 407 g/mol. The van der Waals surface area contributed by atoms with E-state index in [4.69, 9.17) is 4.42 Å². The molecule has 4 nitrogen and oxygen atoms in total. The van der Waals surface area contributed by atoms with Gasteiger partial charge in [0.25, 0.3) is 0 Å². The van der Waals surface area contributed by atoms with Gasteiger partial charge >= 0.3 is 5.63 Å². The fourth-order valence-corrected chi connectivity index (χ4v) is 5.09. The van der Waals surface area contributed by atoms with Crippen LogP contribution in [0.1, 0.15) is 26.3 Å². The van der Waals surface area contributed by atoms with Crippen LogP contribution < -0.4 is 15.4 Å².